The third kappa shape index (κ3) is 4.55. The molecule has 1 aliphatic rings. The number of rotatable bonds is 4. The summed E-state index contributed by atoms with van der Waals surface area (Å²) >= 11 is 0. The predicted octanol–water partition coefficient (Wildman–Crippen LogP) is 4.52. The summed E-state index contributed by atoms with van der Waals surface area (Å²) in [5.41, 5.74) is 1.18. The molecule has 1 N–H and O–H groups in total. The maximum atomic E-state index is 13.3. The highest BCUT2D eigenvalue weighted by Gasteiger charge is 2.31. The third-order valence-electron chi connectivity index (χ3n) is 6.01. The normalized spacial score (nSPS) is 14.9. The van der Waals surface area contributed by atoms with Crippen LogP contribution in [0.15, 0.2) is 48.5 Å². The van der Waals surface area contributed by atoms with Crippen LogP contribution in [-0.2, 0) is 17.5 Å². The van der Waals surface area contributed by atoms with Crippen molar-refractivity contribution in [1.29, 1.82) is 5.26 Å². The minimum absolute atomic E-state index is 0.142. The summed E-state index contributed by atoms with van der Waals surface area (Å²) in [6, 6.07) is 13.5. The number of hydrogen-bond donors (Lipinski definition) is 1. The number of fused-ring (bicyclic) bond motifs is 1. The summed E-state index contributed by atoms with van der Waals surface area (Å²) in [6.45, 7) is 0.755. The number of nitrogens with zero attached hydrogens (tertiary/aromatic N) is 3. The number of hydrogen-bond acceptors (Lipinski definition) is 3. The van der Waals surface area contributed by atoms with Gasteiger partial charge in [-0.1, -0.05) is 18.2 Å². The van der Waals surface area contributed by atoms with Gasteiger partial charge in [0, 0.05) is 25.0 Å². The highest BCUT2D eigenvalue weighted by molar-refractivity contribution is 5.99. The molecule has 1 fully saturated rings. The Bertz CT molecular complexity index is 1250. The van der Waals surface area contributed by atoms with Crippen molar-refractivity contribution in [3.63, 3.8) is 0 Å². The summed E-state index contributed by atoms with van der Waals surface area (Å²) in [5, 5.41) is 19.2. The van der Waals surface area contributed by atoms with E-state index in [4.69, 9.17) is 0 Å². The van der Waals surface area contributed by atoms with Crippen LogP contribution < -0.4 is 0 Å². The summed E-state index contributed by atoms with van der Waals surface area (Å²) in [4.78, 5) is 26.2. The van der Waals surface area contributed by atoms with Crippen LogP contribution in [0.4, 0.5) is 13.2 Å². The molecule has 1 saturated heterocycles. The van der Waals surface area contributed by atoms with Crippen LogP contribution in [0, 0.1) is 17.2 Å². The van der Waals surface area contributed by atoms with Gasteiger partial charge < -0.3 is 14.6 Å². The molecule has 4 rings (SSSR count). The molecule has 0 saturated carbocycles. The van der Waals surface area contributed by atoms with E-state index >= 15 is 0 Å². The SMILES string of the molecule is N#Cc1ccc2cc(C(=O)N3CCC(C(=O)O)CC3)n(Cc3ccc(C(F)(F)F)cc3)c2c1. The Morgan fingerprint density at radius 2 is 1.73 bits per heavy atom. The van der Waals surface area contributed by atoms with Gasteiger partial charge in [-0.3, -0.25) is 9.59 Å². The number of likely N-dealkylation sites (tertiary alicyclic amines) is 1. The summed E-state index contributed by atoms with van der Waals surface area (Å²) in [7, 11) is 0. The van der Waals surface area contributed by atoms with E-state index in [2.05, 4.69) is 6.07 Å². The van der Waals surface area contributed by atoms with Gasteiger partial charge in [0.25, 0.3) is 5.91 Å². The first-order chi connectivity index (χ1) is 15.7. The van der Waals surface area contributed by atoms with Crippen LogP contribution in [0.5, 0.6) is 0 Å². The number of nitriles is 1. The predicted molar refractivity (Wildman–Crippen MR) is 113 cm³/mol. The number of alkyl halides is 3. The molecular weight excluding hydrogens is 435 g/mol. The molecule has 2 heterocycles. The average Bonchev–Trinajstić information content (AvgIpc) is 3.15. The lowest BCUT2D eigenvalue weighted by Gasteiger charge is -2.30. The number of carbonyl (C=O) groups is 2. The standard InChI is InChI=1S/C24H20F3N3O3/c25-24(26,27)19-5-2-15(3-6-19)14-30-20-11-16(13-28)1-4-18(20)12-21(30)22(31)29-9-7-17(8-10-29)23(32)33/h1-6,11-12,17H,7-10,14H2,(H,32,33). The molecular formula is C24H20F3N3O3. The fourth-order valence-electron chi connectivity index (χ4n) is 4.14. The zero-order valence-electron chi connectivity index (χ0n) is 17.5. The van der Waals surface area contributed by atoms with Gasteiger partial charge in [-0.2, -0.15) is 18.4 Å². The Hall–Kier alpha value is -3.80. The van der Waals surface area contributed by atoms with Crippen LogP contribution in [-0.4, -0.2) is 39.5 Å². The first-order valence-electron chi connectivity index (χ1n) is 10.4. The van der Waals surface area contributed by atoms with E-state index < -0.39 is 23.6 Å². The number of carboxylic acids is 1. The Kier molecular flexibility index (Phi) is 5.85. The van der Waals surface area contributed by atoms with Gasteiger partial charge in [0.1, 0.15) is 5.69 Å². The van der Waals surface area contributed by atoms with Crippen LogP contribution in [0.2, 0.25) is 0 Å². The second-order valence-electron chi connectivity index (χ2n) is 8.10. The fraction of sp³-hybridized carbons (Fsp3) is 0.292. The number of carboxylic acid groups (broad SMARTS) is 1. The van der Waals surface area contributed by atoms with E-state index in [1.54, 1.807) is 33.7 Å². The van der Waals surface area contributed by atoms with Crippen LogP contribution in [0.25, 0.3) is 10.9 Å². The highest BCUT2D eigenvalue weighted by atomic mass is 19.4. The number of piperidine rings is 1. The van der Waals surface area contributed by atoms with Crippen molar-refractivity contribution in [1.82, 2.24) is 9.47 Å². The van der Waals surface area contributed by atoms with E-state index in [0.717, 1.165) is 17.5 Å². The minimum atomic E-state index is -4.44. The van der Waals surface area contributed by atoms with Crippen LogP contribution >= 0.6 is 0 Å². The third-order valence-corrected chi connectivity index (χ3v) is 6.01. The molecule has 33 heavy (non-hydrogen) atoms. The van der Waals surface area contributed by atoms with Crippen molar-refractivity contribution in [2.75, 3.05) is 13.1 Å². The van der Waals surface area contributed by atoms with Gasteiger partial charge in [0.2, 0.25) is 0 Å². The molecule has 1 amide bonds. The molecule has 0 bridgehead atoms. The molecule has 170 valence electrons. The Morgan fingerprint density at radius 1 is 1.06 bits per heavy atom. The average molecular weight is 455 g/mol. The number of amides is 1. The smallest absolute Gasteiger partial charge is 0.416 e. The molecule has 0 atom stereocenters. The summed E-state index contributed by atoms with van der Waals surface area (Å²) < 4.78 is 40.5. The molecule has 2 aromatic carbocycles. The zero-order valence-corrected chi connectivity index (χ0v) is 17.5. The Balaban J connectivity index is 1.69. The Morgan fingerprint density at radius 3 is 2.30 bits per heavy atom. The molecule has 6 nitrogen and oxygen atoms in total. The molecule has 1 aliphatic heterocycles. The molecule has 0 spiro atoms. The molecule has 1 aromatic heterocycles. The molecule has 0 unspecified atom stereocenters. The Labute approximate surface area is 187 Å². The second kappa shape index (κ2) is 8.62. The van der Waals surface area contributed by atoms with Gasteiger partial charge in [-0.05, 0) is 48.7 Å². The summed E-state index contributed by atoms with van der Waals surface area (Å²) in [6.07, 6.45) is -3.72. The van der Waals surface area contributed by atoms with Gasteiger partial charge in [0.15, 0.2) is 0 Å². The zero-order chi connectivity index (χ0) is 23.8. The van der Waals surface area contributed by atoms with Gasteiger partial charge in [0.05, 0.1) is 28.6 Å². The van der Waals surface area contributed by atoms with Crippen molar-refractivity contribution in [2.45, 2.75) is 25.6 Å². The lowest BCUT2D eigenvalue weighted by Crippen LogP contribution is -2.41. The van der Waals surface area contributed by atoms with Gasteiger partial charge in [-0.15, -0.1) is 0 Å². The second-order valence-corrected chi connectivity index (χ2v) is 8.10. The van der Waals surface area contributed by atoms with Crippen LogP contribution in [0.1, 0.15) is 40.0 Å². The number of aliphatic carboxylic acids is 1. The lowest BCUT2D eigenvalue weighted by molar-refractivity contribution is -0.143. The molecule has 9 heteroatoms. The first kappa shape index (κ1) is 22.4. The number of halogens is 3. The monoisotopic (exact) mass is 455 g/mol. The van der Waals surface area contributed by atoms with Crippen molar-refractivity contribution >= 4 is 22.8 Å². The van der Waals surface area contributed by atoms with E-state index in [9.17, 15) is 33.1 Å². The van der Waals surface area contributed by atoms with E-state index in [-0.39, 0.29) is 12.5 Å². The first-order valence-corrected chi connectivity index (χ1v) is 10.4. The van der Waals surface area contributed by atoms with Crippen molar-refractivity contribution in [3.05, 3.63) is 70.9 Å². The van der Waals surface area contributed by atoms with Crippen LogP contribution in [0.3, 0.4) is 0 Å². The van der Waals surface area contributed by atoms with Crippen molar-refractivity contribution in [3.8, 4) is 6.07 Å². The largest absolute Gasteiger partial charge is 0.481 e. The molecule has 0 radical (unpaired) electrons. The van der Waals surface area contributed by atoms with Gasteiger partial charge in [-0.25, -0.2) is 0 Å². The number of aromatic nitrogens is 1. The van der Waals surface area contributed by atoms with Crippen molar-refractivity contribution < 1.29 is 27.9 Å². The van der Waals surface area contributed by atoms with E-state index in [0.29, 0.717) is 48.3 Å². The fourth-order valence-corrected chi connectivity index (χ4v) is 4.14. The number of carbonyl (C=O) groups excluding carboxylic acids is 1. The summed E-state index contributed by atoms with van der Waals surface area (Å²) in [5.74, 6) is -1.63. The van der Waals surface area contributed by atoms with E-state index in [1.165, 1.54) is 12.1 Å². The maximum Gasteiger partial charge on any atom is 0.416 e. The van der Waals surface area contributed by atoms with Crippen molar-refractivity contribution in [2.24, 2.45) is 5.92 Å². The quantitative estimate of drug-likeness (QED) is 0.627. The number of benzene rings is 2. The van der Waals surface area contributed by atoms with Gasteiger partial charge >= 0.3 is 12.1 Å². The highest BCUT2D eigenvalue weighted by Crippen LogP contribution is 2.30. The van der Waals surface area contributed by atoms with E-state index in [1.807, 2.05) is 0 Å². The minimum Gasteiger partial charge on any atom is -0.481 e. The molecule has 3 aromatic rings. The molecule has 0 aliphatic carbocycles. The lowest BCUT2D eigenvalue weighted by atomic mass is 9.97. The topological polar surface area (TPSA) is 86.3 Å². The maximum absolute atomic E-state index is 13.3.